The number of nitrogens with zero attached hydrogens (tertiary/aromatic N) is 5. The Kier molecular flexibility index (Phi) is 5.25. The number of fused-ring (bicyclic) bond motifs is 1. The maximum absolute atomic E-state index is 12.5. The minimum atomic E-state index is -0.186. The van der Waals surface area contributed by atoms with Gasteiger partial charge in [-0.3, -0.25) is 14.5 Å². The Morgan fingerprint density at radius 1 is 1.32 bits per heavy atom. The van der Waals surface area contributed by atoms with E-state index in [1.807, 2.05) is 12.3 Å². The van der Waals surface area contributed by atoms with E-state index in [0.717, 1.165) is 56.2 Å². The average molecular weight is 383 g/mol. The van der Waals surface area contributed by atoms with Crippen LogP contribution in [0.25, 0.3) is 11.0 Å². The summed E-state index contributed by atoms with van der Waals surface area (Å²) in [5.41, 5.74) is 2.91. The van der Waals surface area contributed by atoms with Gasteiger partial charge in [0.15, 0.2) is 5.52 Å². The summed E-state index contributed by atoms with van der Waals surface area (Å²) in [6.45, 7) is 5.76. The monoisotopic (exact) mass is 383 g/mol. The van der Waals surface area contributed by atoms with E-state index in [9.17, 15) is 4.79 Å². The number of hydrogen-bond acceptors (Lipinski definition) is 7. The fraction of sp³-hybridized carbons (Fsp3) is 0.474. The lowest BCUT2D eigenvalue weighted by molar-refractivity contribution is 0.122. The predicted octanol–water partition coefficient (Wildman–Crippen LogP) is 1.45. The summed E-state index contributed by atoms with van der Waals surface area (Å²) in [5.74, 6) is 1.39. The van der Waals surface area contributed by atoms with Crippen molar-refractivity contribution in [2.75, 3.05) is 36.5 Å². The summed E-state index contributed by atoms with van der Waals surface area (Å²) in [4.78, 5) is 26.6. The number of morpholine rings is 1. The van der Waals surface area contributed by atoms with Crippen LogP contribution in [0.1, 0.15) is 24.6 Å². The van der Waals surface area contributed by atoms with E-state index < -0.39 is 0 Å². The molecule has 3 aromatic heterocycles. The molecule has 0 amide bonds. The maximum Gasteiger partial charge on any atom is 0.278 e. The van der Waals surface area contributed by atoms with Crippen molar-refractivity contribution in [3.63, 3.8) is 0 Å². The predicted molar refractivity (Wildman–Crippen MR) is 108 cm³/mol. The van der Waals surface area contributed by atoms with Gasteiger partial charge in [0.2, 0.25) is 5.95 Å². The van der Waals surface area contributed by atoms with Crippen molar-refractivity contribution in [2.45, 2.75) is 26.3 Å². The number of hydrogen-bond donors (Lipinski definition) is 2. The average Bonchev–Trinajstić information content (AvgIpc) is 3.03. The van der Waals surface area contributed by atoms with Crippen LogP contribution < -0.4 is 15.8 Å². The number of anilines is 2. The SMILES string of the molecule is CCCc1nn(C)c2c(=O)[nH]c(NCc3ccnc(N4CCOCC4)c3)nc12. The molecule has 0 bridgehead atoms. The van der Waals surface area contributed by atoms with Crippen LogP contribution >= 0.6 is 0 Å². The van der Waals surface area contributed by atoms with Crippen LogP contribution in [-0.4, -0.2) is 51.0 Å². The molecule has 1 aliphatic heterocycles. The normalized spacial score (nSPS) is 14.6. The summed E-state index contributed by atoms with van der Waals surface area (Å²) in [6.07, 6.45) is 3.55. The molecule has 0 spiro atoms. The van der Waals surface area contributed by atoms with E-state index in [0.29, 0.717) is 23.5 Å². The van der Waals surface area contributed by atoms with Gasteiger partial charge < -0.3 is 15.0 Å². The van der Waals surface area contributed by atoms with Gasteiger partial charge in [-0.2, -0.15) is 5.10 Å². The molecule has 3 aromatic rings. The minimum Gasteiger partial charge on any atom is -0.378 e. The molecule has 0 unspecified atom stereocenters. The Bertz CT molecular complexity index is 1020. The van der Waals surface area contributed by atoms with Gasteiger partial charge in [0.25, 0.3) is 5.56 Å². The highest BCUT2D eigenvalue weighted by Gasteiger charge is 2.15. The molecule has 1 fully saturated rings. The van der Waals surface area contributed by atoms with Crippen molar-refractivity contribution in [1.29, 1.82) is 0 Å². The number of H-pyrrole nitrogens is 1. The van der Waals surface area contributed by atoms with Crippen molar-refractivity contribution in [1.82, 2.24) is 24.7 Å². The van der Waals surface area contributed by atoms with E-state index in [2.05, 4.69) is 43.3 Å². The second-order valence-electron chi connectivity index (χ2n) is 6.91. The Labute approximate surface area is 162 Å². The van der Waals surface area contributed by atoms with Crippen LogP contribution in [0.5, 0.6) is 0 Å². The van der Waals surface area contributed by atoms with E-state index >= 15 is 0 Å². The van der Waals surface area contributed by atoms with E-state index in [4.69, 9.17) is 4.74 Å². The number of rotatable bonds is 6. The van der Waals surface area contributed by atoms with Crippen LogP contribution in [0, 0.1) is 0 Å². The molecule has 1 aliphatic rings. The largest absolute Gasteiger partial charge is 0.378 e. The van der Waals surface area contributed by atoms with Crippen LogP contribution in [0.15, 0.2) is 23.1 Å². The zero-order valence-electron chi connectivity index (χ0n) is 16.2. The van der Waals surface area contributed by atoms with Gasteiger partial charge in [-0.15, -0.1) is 0 Å². The minimum absolute atomic E-state index is 0.186. The lowest BCUT2D eigenvalue weighted by atomic mass is 10.2. The first-order valence-electron chi connectivity index (χ1n) is 9.63. The molecule has 148 valence electrons. The molecule has 9 heteroatoms. The van der Waals surface area contributed by atoms with Crippen molar-refractivity contribution in [3.05, 3.63) is 39.9 Å². The topological polar surface area (TPSA) is 101 Å². The van der Waals surface area contributed by atoms with Gasteiger partial charge in [-0.1, -0.05) is 13.3 Å². The highest BCUT2D eigenvalue weighted by molar-refractivity contribution is 5.77. The summed E-state index contributed by atoms with van der Waals surface area (Å²) < 4.78 is 7.01. The third kappa shape index (κ3) is 3.70. The van der Waals surface area contributed by atoms with Gasteiger partial charge in [0.1, 0.15) is 11.3 Å². The van der Waals surface area contributed by atoms with Crippen LogP contribution in [-0.2, 0) is 24.8 Å². The maximum atomic E-state index is 12.5. The standard InChI is InChI=1S/C19H25N7O2/c1-3-4-14-16-17(25(2)24-14)18(27)23-19(22-16)21-12-13-5-6-20-15(11-13)26-7-9-28-10-8-26/h5-6,11H,3-4,7-10,12H2,1-2H3,(H2,21,22,23,27). The molecule has 9 nitrogen and oxygen atoms in total. The lowest BCUT2D eigenvalue weighted by Gasteiger charge is -2.28. The zero-order chi connectivity index (χ0) is 19.5. The fourth-order valence-corrected chi connectivity index (χ4v) is 3.46. The number of ether oxygens (including phenoxy) is 1. The zero-order valence-corrected chi connectivity index (χ0v) is 16.2. The third-order valence-electron chi connectivity index (χ3n) is 4.85. The molecule has 0 atom stereocenters. The second kappa shape index (κ2) is 7.97. The summed E-state index contributed by atoms with van der Waals surface area (Å²) in [6, 6.07) is 4.02. The van der Waals surface area contributed by atoms with Crippen LogP contribution in [0.2, 0.25) is 0 Å². The van der Waals surface area contributed by atoms with Crippen molar-refractivity contribution in [2.24, 2.45) is 7.05 Å². The molecular formula is C19H25N7O2. The van der Waals surface area contributed by atoms with Crippen LogP contribution in [0.3, 0.4) is 0 Å². The van der Waals surface area contributed by atoms with Gasteiger partial charge >= 0.3 is 0 Å². The first-order chi connectivity index (χ1) is 13.7. The molecule has 0 aromatic carbocycles. The highest BCUT2D eigenvalue weighted by Crippen LogP contribution is 2.17. The molecule has 0 aliphatic carbocycles. The molecule has 0 radical (unpaired) electrons. The second-order valence-corrected chi connectivity index (χ2v) is 6.91. The number of aromatic amines is 1. The molecule has 2 N–H and O–H groups in total. The molecule has 4 rings (SSSR count). The molecular weight excluding hydrogens is 358 g/mol. The Morgan fingerprint density at radius 2 is 2.14 bits per heavy atom. The Balaban J connectivity index is 1.54. The number of pyridine rings is 1. The van der Waals surface area contributed by atoms with E-state index in [-0.39, 0.29) is 5.56 Å². The van der Waals surface area contributed by atoms with Gasteiger partial charge in [0.05, 0.1) is 18.9 Å². The Hall–Kier alpha value is -2.94. The highest BCUT2D eigenvalue weighted by atomic mass is 16.5. The van der Waals surface area contributed by atoms with Crippen molar-refractivity contribution < 1.29 is 4.74 Å². The van der Waals surface area contributed by atoms with Gasteiger partial charge in [-0.05, 0) is 24.1 Å². The smallest absolute Gasteiger partial charge is 0.278 e. The summed E-state index contributed by atoms with van der Waals surface area (Å²) in [5, 5.41) is 7.67. The van der Waals surface area contributed by atoms with Gasteiger partial charge in [0, 0.05) is 32.9 Å². The van der Waals surface area contributed by atoms with E-state index in [1.54, 1.807) is 11.7 Å². The van der Waals surface area contributed by atoms with Crippen molar-refractivity contribution in [3.8, 4) is 0 Å². The van der Waals surface area contributed by atoms with Crippen LogP contribution in [0.4, 0.5) is 11.8 Å². The lowest BCUT2D eigenvalue weighted by Crippen LogP contribution is -2.36. The van der Waals surface area contributed by atoms with E-state index in [1.165, 1.54) is 0 Å². The summed E-state index contributed by atoms with van der Waals surface area (Å²) >= 11 is 0. The first-order valence-corrected chi connectivity index (χ1v) is 9.63. The number of aryl methyl sites for hydroxylation is 2. The van der Waals surface area contributed by atoms with Gasteiger partial charge in [-0.25, -0.2) is 9.97 Å². The quantitative estimate of drug-likeness (QED) is 0.664. The number of aromatic nitrogens is 5. The molecule has 1 saturated heterocycles. The Morgan fingerprint density at radius 3 is 2.93 bits per heavy atom. The first kappa shape index (κ1) is 18.4. The van der Waals surface area contributed by atoms with Crippen molar-refractivity contribution >= 4 is 22.8 Å². The summed E-state index contributed by atoms with van der Waals surface area (Å²) in [7, 11) is 1.77. The third-order valence-corrected chi connectivity index (χ3v) is 4.85. The fourth-order valence-electron chi connectivity index (χ4n) is 3.46. The number of nitrogens with one attached hydrogen (secondary N) is 2. The molecule has 4 heterocycles. The molecule has 0 saturated carbocycles. The molecule has 28 heavy (non-hydrogen) atoms.